The van der Waals surface area contributed by atoms with E-state index in [0.717, 1.165) is 32.1 Å². The summed E-state index contributed by atoms with van der Waals surface area (Å²) >= 11 is 0. The highest BCUT2D eigenvalue weighted by Gasteiger charge is 2.19. The topological polar surface area (TPSA) is 89.8 Å². The van der Waals surface area contributed by atoms with Crippen LogP contribution in [-0.4, -0.2) is 46.1 Å². The van der Waals surface area contributed by atoms with Gasteiger partial charge in [0.05, 0.1) is 31.3 Å². The van der Waals surface area contributed by atoms with E-state index in [1.54, 1.807) is 12.2 Å². The second-order valence-electron chi connectivity index (χ2n) is 13.5. The Morgan fingerprint density at radius 3 is 1.45 bits per heavy atom. The number of hydrogen-bond donors (Lipinski definition) is 4. The molecular formula is C42H77NO4. The highest BCUT2D eigenvalue weighted by Crippen LogP contribution is 2.14. The Morgan fingerprint density at radius 1 is 0.532 bits per heavy atom. The normalized spacial score (nSPS) is 14.2. The molecule has 47 heavy (non-hydrogen) atoms. The van der Waals surface area contributed by atoms with Crippen LogP contribution < -0.4 is 5.32 Å². The van der Waals surface area contributed by atoms with Crippen LogP contribution in [0.15, 0.2) is 48.6 Å². The first-order chi connectivity index (χ1) is 23.0. The van der Waals surface area contributed by atoms with Crippen molar-refractivity contribution in [1.82, 2.24) is 5.32 Å². The molecule has 1 amide bonds. The molecule has 0 radical (unpaired) electrons. The number of aliphatic hydroxyl groups excluding tert-OH is 3. The van der Waals surface area contributed by atoms with E-state index in [-0.39, 0.29) is 13.0 Å². The van der Waals surface area contributed by atoms with E-state index in [0.29, 0.717) is 0 Å². The van der Waals surface area contributed by atoms with Gasteiger partial charge in [-0.2, -0.15) is 0 Å². The second-order valence-corrected chi connectivity index (χ2v) is 13.5. The van der Waals surface area contributed by atoms with Crippen molar-refractivity contribution in [2.24, 2.45) is 0 Å². The summed E-state index contributed by atoms with van der Waals surface area (Å²) in [6.07, 6.45) is 47.0. The summed E-state index contributed by atoms with van der Waals surface area (Å²) < 4.78 is 0. The molecule has 5 nitrogen and oxygen atoms in total. The summed E-state index contributed by atoms with van der Waals surface area (Å²) in [4.78, 5) is 12.3. The van der Waals surface area contributed by atoms with Gasteiger partial charge in [-0.25, -0.2) is 0 Å². The molecular weight excluding hydrogens is 582 g/mol. The summed E-state index contributed by atoms with van der Waals surface area (Å²) in [7, 11) is 0. The van der Waals surface area contributed by atoms with E-state index in [9.17, 15) is 20.1 Å². The van der Waals surface area contributed by atoms with Gasteiger partial charge >= 0.3 is 0 Å². The van der Waals surface area contributed by atoms with Crippen LogP contribution in [0, 0.1) is 0 Å². The van der Waals surface area contributed by atoms with Gasteiger partial charge in [0.25, 0.3) is 0 Å². The number of carbonyl (C=O) groups excluding carboxylic acids is 1. The Hall–Kier alpha value is -1.69. The number of allylic oxidation sites excluding steroid dienone is 6. The highest BCUT2D eigenvalue weighted by molar-refractivity contribution is 5.77. The summed E-state index contributed by atoms with van der Waals surface area (Å²) in [6.45, 7) is 4.14. The minimum absolute atomic E-state index is 0.102. The Balaban J connectivity index is 3.80. The molecule has 0 aromatic carbocycles. The van der Waals surface area contributed by atoms with E-state index in [1.165, 1.54) is 135 Å². The molecule has 3 unspecified atom stereocenters. The number of amides is 1. The molecule has 4 N–H and O–H groups in total. The third-order valence-corrected chi connectivity index (χ3v) is 8.85. The molecule has 0 aliphatic carbocycles. The number of rotatable bonds is 35. The quantitative estimate of drug-likeness (QED) is 0.0402. The number of hydrogen-bond acceptors (Lipinski definition) is 4. The number of carbonyl (C=O) groups is 1. The zero-order valence-corrected chi connectivity index (χ0v) is 30.9. The summed E-state index contributed by atoms with van der Waals surface area (Å²) in [6, 6.07) is -0.791. The van der Waals surface area contributed by atoms with Crippen molar-refractivity contribution >= 4 is 5.91 Å². The van der Waals surface area contributed by atoms with Gasteiger partial charge in [-0.05, 0) is 44.9 Å². The van der Waals surface area contributed by atoms with Gasteiger partial charge < -0.3 is 20.6 Å². The fourth-order valence-electron chi connectivity index (χ4n) is 5.76. The fraction of sp³-hybridized carbons (Fsp3) is 0.786. The van der Waals surface area contributed by atoms with Gasteiger partial charge in [0.15, 0.2) is 0 Å². The first-order valence-corrected chi connectivity index (χ1v) is 19.9. The first-order valence-electron chi connectivity index (χ1n) is 19.9. The molecule has 0 saturated heterocycles. The molecule has 0 aliphatic heterocycles. The SMILES string of the molecule is CCCCCCCC/C=C\C/C=C\C(O)CC(=O)NC(CO)C(O)/C=C/CC/C=C/CCCCCCCCCCCCCCCCC. The lowest BCUT2D eigenvalue weighted by atomic mass is 10.0. The average Bonchev–Trinajstić information content (AvgIpc) is 3.06. The van der Waals surface area contributed by atoms with Crippen LogP contribution in [0.2, 0.25) is 0 Å². The van der Waals surface area contributed by atoms with Gasteiger partial charge in [0, 0.05) is 0 Å². The van der Waals surface area contributed by atoms with Crippen molar-refractivity contribution in [3.05, 3.63) is 48.6 Å². The molecule has 0 aromatic rings. The minimum Gasteiger partial charge on any atom is -0.394 e. The smallest absolute Gasteiger partial charge is 0.223 e. The first kappa shape index (κ1) is 45.3. The predicted molar refractivity (Wildman–Crippen MR) is 204 cm³/mol. The standard InChI is InChI=1S/C42H77NO4/c1-3-5-7-9-11-13-15-16-17-18-19-20-21-22-23-24-26-28-30-32-34-36-41(46)40(38-44)43-42(47)37-39(45)35-33-31-29-27-25-14-12-10-8-6-4-2/h26-29,33-36,39-41,44-46H,3-25,30-32,37-38H2,1-2H3,(H,43,47)/b28-26+,29-27-,35-33-,36-34+. The molecule has 0 fully saturated rings. The van der Waals surface area contributed by atoms with Crippen molar-refractivity contribution in [3.63, 3.8) is 0 Å². The van der Waals surface area contributed by atoms with Gasteiger partial charge in [-0.15, -0.1) is 0 Å². The number of aliphatic hydroxyl groups is 3. The van der Waals surface area contributed by atoms with Crippen molar-refractivity contribution in [1.29, 1.82) is 0 Å². The molecule has 0 aromatic heterocycles. The van der Waals surface area contributed by atoms with Gasteiger partial charge in [-0.3, -0.25) is 4.79 Å². The number of nitrogens with one attached hydrogen (secondary N) is 1. The van der Waals surface area contributed by atoms with E-state index in [4.69, 9.17) is 0 Å². The Kier molecular flexibility index (Phi) is 35.8. The molecule has 274 valence electrons. The van der Waals surface area contributed by atoms with E-state index >= 15 is 0 Å². The third kappa shape index (κ3) is 34.0. The van der Waals surface area contributed by atoms with E-state index in [1.807, 2.05) is 12.2 Å². The molecule has 3 atom stereocenters. The lowest BCUT2D eigenvalue weighted by Gasteiger charge is -2.20. The van der Waals surface area contributed by atoms with E-state index in [2.05, 4.69) is 43.5 Å². The fourth-order valence-corrected chi connectivity index (χ4v) is 5.76. The molecule has 0 bridgehead atoms. The third-order valence-electron chi connectivity index (χ3n) is 8.85. The van der Waals surface area contributed by atoms with Gasteiger partial charge in [-0.1, -0.05) is 184 Å². The Morgan fingerprint density at radius 2 is 0.957 bits per heavy atom. The molecule has 0 spiro atoms. The van der Waals surface area contributed by atoms with Crippen molar-refractivity contribution < 1.29 is 20.1 Å². The van der Waals surface area contributed by atoms with Gasteiger partial charge in [0.2, 0.25) is 5.91 Å². The van der Waals surface area contributed by atoms with Crippen LogP contribution in [0.25, 0.3) is 0 Å². The maximum absolute atomic E-state index is 12.3. The lowest BCUT2D eigenvalue weighted by molar-refractivity contribution is -0.124. The minimum atomic E-state index is -0.974. The van der Waals surface area contributed by atoms with Gasteiger partial charge in [0.1, 0.15) is 0 Å². The van der Waals surface area contributed by atoms with E-state index < -0.39 is 24.2 Å². The van der Waals surface area contributed by atoms with Crippen LogP contribution in [-0.2, 0) is 4.79 Å². The van der Waals surface area contributed by atoms with Crippen LogP contribution in [0.1, 0.15) is 187 Å². The van der Waals surface area contributed by atoms with Crippen molar-refractivity contribution in [3.8, 4) is 0 Å². The van der Waals surface area contributed by atoms with Crippen LogP contribution in [0.4, 0.5) is 0 Å². The summed E-state index contributed by atoms with van der Waals surface area (Å²) in [5.74, 6) is -0.394. The predicted octanol–water partition coefficient (Wildman–Crippen LogP) is 11.0. The zero-order chi connectivity index (χ0) is 34.5. The largest absolute Gasteiger partial charge is 0.394 e. The molecule has 5 heteroatoms. The molecule has 0 heterocycles. The van der Waals surface area contributed by atoms with Crippen LogP contribution >= 0.6 is 0 Å². The lowest BCUT2D eigenvalue weighted by Crippen LogP contribution is -2.45. The van der Waals surface area contributed by atoms with Crippen LogP contribution in [0.3, 0.4) is 0 Å². The number of unbranched alkanes of at least 4 members (excludes halogenated alkanes) is 22. The Labute approximate surface area is 291 Å². The highest BCUT2D eigenvalue weighted by atomic mass is 16.3. The maximum Gasteiger partial charge on any atom is 0.223 e. The molecule has 0 rings (SSSR count). The van der Waals surface area contributed by atoms with Crippen LogP contribution in [0.5, 0.6) is 0 Å². The van der Waals surface area contributed by atoms with Crippen molar-refractivity contribution in [2.45, 2.75) is 205 Å². The summed E-state index contributed by atoms with van der Waals surface area (Å²) in [5, 5.41) is 32.9. The maximum atomic E-state index is 12.3. The molecule has 0 saturated carbocycles. The summed E-state index contributed by atoms with van der Waals surface area (Å²) in [5.41, 5.74) is 0. The second kappa shape index (κ2) is 37.1. The van der Waals surface area contributed by atoms with Crippen molar-refractivity contribution in [2.75, 3.05) is 6.61 Å². The molecule has 0 aliphatic rings. The average molecular weight is 660 g/mol. The Bertz CT molecular complexity index is 775. The monoisotopic (exact) mass is 660 g/mol. The zero-order valence-electron chi connectivity index (χ0n) is 30.9.